The minimum Gasteiger partial charge on any atom is -0.444 e. The third-order valence-corrected chi connectivity index (χ3v) is 7.32. The van der Waals surface area contributed by atoms with Gasteiger partial charge < -0.3 is 19.7 Å². The number of anilines is 1. The first-order valence-electron chi connectivity index (χ1n) is 11.7. The number of amides is 1. The highest BCUT2D eigenvalue weighted by Crippen LogP contribution is 2.41. The van der Waals surface area contributed by atoms with Crippen molar-refractivity contribution in [3.8, 4) is 0 Å². The van der Waals surface area contributed by atoms with Crippen molar-refractivity contribution in [3.05, 3.63) is 15.0 Å². The summed E-state index contributed by atoms with van der Waals surface area (Å²) in [7, 11) is 1.75. The molecule has 3 aliphatic rings. The molecule has 180 valence electrons. The van der Waals surface area contributed by atoms with Crippen LogP contribution in [0.3, 0.4) is 0 Å². The van der Waals surface area contributed by atoms with Crippen molar-refractivity contribution in [3.63, 3.8) is 0 Å². The topological polar surface area (TPSA) is 104 Å². The number of hydrogen-bond acceptors (Lipinski definition) is 7. The Morgan fingerprint density at radius 3 is 2.73 bits per heavy atom. The Morgan fingerprint density at radius 1 is 1.24 bits per heavy atom. The van der Waals surface area contributed by atoms with Crippen molar-refractivity contribution in [2.24, 2.45) is 7.05 Å². The van der Waals surface area contributed by atoms with Crippen LogP contribution in [-0.4, -0.2) is 55.8 Å². The molecule has 0 aliphatic carbocycles. The van der Waals surface area contributed by atoms with E-state index in [9.17, 15) is 9.59 Å². The van der Waals surface area contributed by atoms with Crippen LogP contribution < -0.4 is 15.8 Å². The Bertz CT molecular complexity index is 1130. The molecule has 1 amide bonds. The number of fused-ring (bicyclic) bond motifs is 3. The lowest BCUT2D eigenvalue weighted by atomic mass is 9.96. The molecule has 0 spiro atoms. The summed E-state index contributed by atoms with van der Waals surface area (Å²) in [5.74, 6) is 0.609. The highest BCUT2D eigenvalue weighted by atomic mass is 79.9. The molecular weight excluding hydrogens is 492 g/mol. The van der Waals surface area contributed by atoms with Gasteiger partial charge >= 0.3 is 6.09 Å². The van der Waals surface area contributed by atoms with Crippen LogP contribution in [0.4, 0.5) is 10.7 Å². The maximum atomic E-state index is 13.4. The van der Waals surface area contributed by atoms with Crippen molar-refractivity contribution in [1.82, 2.24) is 24.6 Å². The predicted molar refractivity (Wildman–Crippen MR) is 126 cm³/mol. The molecule has 5 heterocycles. The van der Waals surface area contributed by atoms with Gasteiger partial charge in [-0.15, -0.1) is 0 Å². The van der Waals surface area contributed by atoms with Crippen LogP contribution in [0.1, 0.15) is 65.5 Å². The molecule has 5 rings (SSSR count). The second-order valence-corrected chi connectivity index (χ2v) is 11.0. The van der Waals surface area contributed by atoms with Crippen molar-refractivity contribution in [2.45, 2.75) is 89.3 Å². The van der Waals surface area contributed by atoms with E-state index in [2.05, 4.69) is 31.2 Å². The number of nitrogens with one attached hydrogen (secondary N) is 1. The number of carbonyl (C=O) groups is 1. The zero-order valence-electron chi connectivity index (χ0n) is 19.5. The van der Waals surface area contributed by atoms with Gasteiger partial charge in [-0.1, -0.05) is 0 Å². The molecule has 0 radical (unpaired) electrons. The van der Waals surface area contributed by atoms with Gasteiger partial charge in [-0.3, -0.25) is 9.36 Å². The van der Waals surface area contributed by atoms with Crippen LogP contribution in [0.5, 0.6) is 0 Å². The van der Waals surface area contributed by atoms with E-state index in [1.165, 1.54) is 0 Å². The fraction of sp³-hybridized carbons (Fsp3) is 0.727. The van der Waals surface area contributed by atoms with Gasteiger partial charge in [-0.05, 0) is 75.2 Å². The number of rotatable bonds is 3. The fourth-order valence-electron chi connectivity index (χ4n) is 5.38. The van der Waals surface area contributed by atoms with Gasteiger partial charge in [-0.25, -0.2) is 9.48 Å². The first-order chi connectivity index (χ1) is 15.6. The average Bonchev–Trinajstić information content (AvgIpc) is 3.40. The van der Waals surface area contributed by atoms with Crippen LogP contribution in [0, 0.1) is 0 Å². The first kappa shape index (κ1) is 22.6. The Hall–Kier alpha value is -2.14. The average molecular weight is 523 g/mol. The molecule has 4 atom stereocenters. The summed E-state index contributed by atoms with van der Waals surface area (Å²) in [6.07, 6.45) is 5.01. The minimum atomic E-state index is -0.551. The van der Waals surface area contributed by atoms with E-state index in [1.807, 2.05) is 20.8 Å². The normalized spacial score (nSPS) is 27.4. The third kappa shape index (κ3) is 4.03. The number of aromatic nitrogens is 4. The lowest BCUT2D eigenvalue weighted by Crippen LogP contribution is -2.46. The Balaban J connectivity index is 1.49. The second-order valence-electron chi connectivity index (χ2n) is 10.2. The maximum absolute atomic E-state index is 13.4. The lowest BCUT2D eigenvalue weighted by molar-refractivity contribution is -0.0371. The van der Waals surface area contributed by atoms with Crippen LogP contribution >= 0.6 is 15.9 Å². The smallest absolute Gasteiger partial charge is 0.407 e. The number of hydrogen-bond donors (Lipinski definition) is 1. The summed E-state index contributed by atoms with van der Waals surface area (Å²) in [5.41, 5.74) is -0.160. The van der Waals surface area contributed by atoms with Crippen LogP contribution in [0.25, 0.3) is 11.0 Å². The van der Waals surface area contributed by atoms with Crippen molar-refractivity contribution in [2.75, 3.05) is 11.5 Å². The number of nitrogens with zero attached hydrogens (tertiary/aromatic N) is 5. The summed E-state index contributed by atoms with van der Waals surface area (Å²) < 4.78 is 15.2. The zero-order chi connectivity index (χ0) is 23.5. The SMILES string of the molecule is Cn1c(N2C3CC[C@H]2C[C@H]3NC(=O)OC(C)(C)C)nc2c(c(Br)nn2C2CCCCO2)c1=O. The van der Waals surface area contributed by atoms with Crippen molar-refractivity contribution >= 4 is 39.0 Å². The van der Waals surface area contributed by atoms with Gasteiger partial charge in [-0.2, -0.15) is 10.1 Å². The lowest BCUT2D eigenvalue weighted by Gasteiger charge is -2.28. The largest absolute Gasteiger partial charge is 0.444 e. The van der Waals surface area contributed by atoms with E-state index >= 15 is 0 Å². The van der Waals surface area contributed by atoms with Gasteiger partial charge in [0.2, 0.25) is 5.95 Å². The number of halogens is 1. The Morgan fingerprint density at radius 2 is 2.03 bits per heavy atom. The van der Waals surface area contributed by atoms with E-state index in [0.717, 1.165) is 38.5 Å². The third-order valence-electron chi connectivity index (χ3n) is 6.77. The molecule has 2 unspecified atom stereocenters. The monoisotopic (exact) mass is 522 g/mol. The molecular formula is C22H31BrN6O4. The van der Waals surface area contributed by atoms with Gasteiger partial charge in [0.25, 0.3) is 5.56 Å². The molecule has 2 aromatic rings. The quantitative estimate of drug-likeness (QED) is 0.659. The predicted octanol–water partition coefficient (Wildman–Crippen LogP) is 3.23. The zero-order valence-corrected chi connectivity index (χ0v) is 21.1. The second kappa shape index (κ2) is 8.26. The summed E-state index contributed by atoms with van der Waals surface area (Å²) in [4.78, 5) is 32.9. The Kier molecular flexibility index (Phi) is 5.67. The fourth-order valence-corrected chi connectivity index (χ4v) is 5.90. The van der Waals surface area contributed by atoms with E-state index in [0.29, 0.717) is 28.2 Å². The van der Waals surface area contributed by atoms with Crippen LogP contribution in [0.15, 0.2) is 9.40 Å². The van der Waals surface area contributed by atoms with Gasteiger partial charge in [0.15, 0.2) is 11.9 Å². The summed E-state index contributed by atoms with van der Waals surface area (Å²) in [6, 6.07) is 0.213. The first-order valence-corrected chi connectivity index (χ1v) is 12.5. The van der Waals surface area contributed by atoms with Crippen molar-refractivity contribution in [1.29, 1.82) is 0 Å². The number of alkyl carbamates (subject to hydrolysis) is 1. The van der Waals surface area contributed by atoms with E-state index in [-0.39, 0.29) is 29.9 Å². The van der Waals surface area contributed by atoms with Crippen LogP contribution in [-0.2, 0) is 16.5 Å². The number of ether oxygens (including phenoxy) is 2. The van der Waals surface area contributed by atoms with Gasteiger partial charge in [0.1, 0.15) is 15.6 Å². The molecule has 11 heteroatoms. The van der Waals surface area contributed by atoms with E-state index in [4.69, 9.17) is 14.5 Å². The molecule has 1 N–H and O–H groups in total. The molecule has 3 saturated heterocycles. The van der Waals surface area contributed by atoms with Crippen molar-refractivity contribution < 1.29 is 14.3 Å². The molecule has 10 nitrogen and oxygen atoms in total. The van der Waals surface area contributed by atoms with E-state index in [1.54, 1.807) is 16.3 Å². The summed E-state index contributed by atoms with van der Waals surface area (Å²) >= 11 is 3.46. The molecule has 33 heavy (non-hydrogen) atoms. The highest BCUT2D eigenvalue weighted by Gasteiger charge is 2.49. The van der Waals surface area contributed by atoms with E-state index < -0.39 is 11.7 Å². The molecule has 0 saturated carbocycles. The van der Waals surface area contributed by atoms with Gasteiger partial charge in [0, 0.05) is 19.7 Å². The molecule has 2 bridgehead atoms. The molecule has 0 aromatic carbocycles. The summed E-state index contributed by atoms with van der Waals surface area (Å²) in [6.45, 7) is 6.24. The van der Waals surface area contributed by atoms with Crippen LogP contribution in [0.2, 0.25) is 0 Å². The van der Waals surface area contributed by atoms with Gasteiger partial charge in [0.05, 0.1) is 12.1 Å². The molecule has 2 aromatic heterocycles. The highest BCUT2D eigenvalue weighted by molar-refractivity contribution is 9.10. The number of carbonyl (C=O) groups excluding carboxylic acids is 1. The standard InChI is InChI=1S/C22H31BrN6O4/c1-22(2,3)33-21(31)24-13-11-12-8-9-14(13)28(12)20-25-18-16(19(30)27(20)4)17(23)26-29(18)15-7-5-6-10-32-15/h12-15H,5-11H2,1-4H3,(H,24,31)/t12-,13+,14?,15?/m0/s1. The minimum absolute atomic E-state index is 0.0514. The summed E-state index contributed by atoms with van der Waals surface area (Å²) in [5, 5.41) is 8.07. The molecule has 3 fully saturated rings. The Labute approximate surface area is 200 Å². The maximum Gasteiger partial charge on any atom is 0.407 e. The molecule has 3 aliphatic heterocycles.